The zero-order valence-corrected chi connectivity index (χ0v) is 12.9. The van der Waals surface area contributed by atoms with E-state index in [0.29, 0.717) is 0 Å². The van der Waals surface area contributed by atoms with Crippen LogP contribution in [0.2, 0.25) is 0 Å². The molecule has 0 radical (unpaired) electrons. The lowest BCUT2D eigenvalue weighted by molar-refractivity contribution is 0.429. The van der Waals surface area contributed by atoms with Crippen molar-refractivity contribution in [2.45, 2.75) is 70.0 Å². The monoisotopic (exact) mass is 285 g/mol. The Labute approximate surface area is 128 Å². The van der Waals surface area contributed by atoms with Gasteiger partial charge in [0.1, 0.15) is 5.82 Å². The first-order valence-electron chi connectivity index (χ1n) is 8.86. The lowest BCUT2D eigenvalue weighted by atomic mass is 9.96. The molecule has 114 valence electrons. The number of rotatable bonds is 5. The largest absolute Gasteiger partial charge is 0.353 e. The van der Waals surface area contributed by atoms with Crippen LogP contribution in [0.15, 0.2) is 18.2 Å². The van der Waals surface area contributed by atoms with E-state index in [1.807, 2.05) is 0 Å². The normalized spacial score (nSPS) is 26.7. The van der Waals surface area contributed by atoms with Crippen LogP contribution in [0, 0.1) is 5.92 Å². The van der Waals surface area contributed by atoms with Gasteiger partial charge in [-0.05, 0) is 56.6 Å². The average Bonchev–Trinajstić information content (AvgIpc) is 3.01. The van der Waals surface area contributed by atoms with Crippen LogP contribution in [0.5, 0.6) is 0 Å². The van der Waals surface area contributed by atoms with Gasteiger partial charge in [-0.3, -0.25) is 0 Å². The first kappa shape index (κ1) is 13.6. The van der Waals surface area contributed by atoms with Gasteiger partial charge in [0.25, 0.3) is 0 Å². The van der Waals surface area contributed by atoms with Gasteiger partial charge in [-0.15, -0.1) is 0 Å². The minimum Gasteiger partial charge on any atom is -0.353 e. The molecule has 1 atom stereocenters. The molecule has 1 saturated heterocycles. The van der Waals surface area contributed by atoms with Crippen molar-refractivity contribution in [3.8, 4) is 0 Å². The van der Waals surface area contributed by atoms with E-state index < -0.39 is 0 Å². The van der Waals surface area contributed by atoms with E-state index in [4.69, 9.17) is 4.98 Å². The van der Waals surface area contributed by atoms with Gasteiger partial charge < -0.3 is 10.2 Å². The summed E-state index contributed by atoms with van der Waals surface area (Å²) in [6.07, 6.45) is 11.1. The zero-order chi connectivity index (χ0) is 14.1. The maximum absolute atomic E-state index is 4.94. The smallest absolute Gasteiger partial charge is 0.129 e. The minimum absolute atomic E-state index is 0.756. The van der Waals surface area contributed by atoms with Gasteiger partial charge in [0.2, 0.25) is 0 Å². The van der Waals surface area contributed by atoms with E-state index in [0.717, 1.165) is 24.5 Å². The summed E-state index contributed by atoms with van der Waals surface area (Å²) < 4.78 is 0. The predicted octanol–water partition coefficient (Wildman–Crippen LogP) is 3.49. The van der Waals surface area contributed by atoms with Crippen molar-refractivity contribution in [2.75, 3.05) is 11.4 Å². The summed E-state index contributed by atoms with van der Waals surface area (Å²) >= 11 is 0. The van der Waals surface area contributed by atoms with Crippen LogP contribution in [0.25, 0.3) is 0 Å². The third kappa shape index (κ3) is 3.08. The van der Waals surface area contributed by atoms with E-state index in [-0.39, 0.29) is 0 Å². The van der Waals surface area contributed by atoms with Crippen molar-refractivity contribution in [1.29, 1.82) is 0 Å². The van der Waals surface area contributed by atoms with Crippen LogP contribution >= 0.6 is 0 Å². The summed E-state index contributed by atoms with van der Waals surface area (Å²) in [5, 5.41) is 3.58. The number of anilines is 1. The highest BCUT2D eigenvalue weighted by Crippen LogP contribution is 2.37. The van der Waals surface area contributed by atoms with Crippen molar-refractivity contribution in [2.24, 2.45) is 5.92 Å². The third-order valence-electron chi connectivity index (χ3n) is 5.48. The van der Waals surface area contributed by atoms with Crippen LogP contribution in [0.1, 0.15) is 57.1 Å². The molecule has 3 fully saturated rings. The first-order chi connectivity index (χ1) is 10.4. The van der Waals surface area contributed by atoms with Crippen molar-refractivity contribution < 1.29 is 0 Å². The molecule has 1 unspecified atom stereocenters. The standard InChI is InChI=1S/C18H27N3/c1-2-6-14(5-1)17-8-4-12-21(17)18-9-3-7-16(20-18)13-19-15-10-11-15/h3,7,9,14-15,17,19H,1-2,4-6,8,10-13H2. The fraction of sp³-hybridized carbons (Fsp3) is 0.722. The van der Waals surface area contributed by atoms with Crippen LogP contribution in [0.4, 0.5) is 5.82 Å². The van der Waals surface area contributed by atoms with Gasteiger partial charge in [-0.1, -0.05) is 18.9 Å². The highest BCUT2D eigenvalue weighted by molar-refractivity contribution is 5.42. The maximum Gasteiger partial charge on any atom is 0.129 e. The van der Waals surface area contributed by atoms with Gasteiger partial charge in [0.15, 0.2) is 0 Å². The molecule has 0 spiro atoms. The van der Waals surface area contributed by atoms with E-state index in [9.17, 15) is 0 Å². The topological polar surface area (TPSA) is 28.2 Å². The van der Waals surface area contributed by atoms with Crippen molar-refractivity contribution >= 4 is 5.82 Å². The summed E-state index contributed by atoms with van der Waals surface area (Å²) in [4.78, 5) is 7.55. The molecule has 2 saturated carbocycles. The molecule has 2 aliphatic carbocycles. The van der Waals surface area contributed by atoms with Crippen LogP contribution in [-0.4, -0.2) is 23.6 Å². The van der Waals surface area contributed by atoms with Gasteiger partial charge >= 0.3 is 0 Å². The number of nitrogens with zero attached hydrogens (tertiary/aromatic N) is 2. The molecule has 3 nitrogen and oxygen atoms in total. The summed E-state index contributed by atoms with van der Waals surface area (Å²) in [5.41, 5.74) is 1.21. The fourth-order valence-electron chi connectivity index (χ4n) is 4.17. The molecule has 0 bridgehead atoms. The molecule has 1 aromatic rings. The lowest BCUT2D eigenvalue weighted by Crippen LogP contribution is -2.35. The van der Waals surface area contributed by atoms with E-state index in [2.05, 4.69) is 28.4 Å². The molecule has 3 heteroatoms. The highest BCUT2D eigenvalue weighted by atomic mass is 15.2. The highest BCUT2D eigenvalue weighted by Gasteiger charge is 2.34. The van der Waals surface area contributed by atoms with E-state index in [1.165, 1.54) is 69.4 Å². The Morgan fingerprint density at radius 2 is 1.90 bits per heavy atom. The second-order valence-corrected chi connectivity index (χ2v) is 7.09. The number of hydrogen-bond acceptors (Lipinski definition) is 3. The first-order valence-corrected chi connectivity index (χ1v) is 8.86. The molecular formula is C18H27N3. The van der Waals surface area contributed by atoms with Crippen LogP contribution in [-0.2, 0) is 6.54 Å². The molecule has 0 amide bonds. The predicted molar refractivity (Wildman–Crippen MR) is 86.4 cm³/mol. The van der Waals surface area contributed by atoms with Crippen LogP contribution in [0.3, 0.4) is 0 Å². The number of hydrogen-bond donors (Lipinski definition) is 1. The molecule has 4 rings (SSSR count). The molecule has 3 aliphatic rings. The quantitative estimate of drug-likeness (QED) is 0.897. The summed E-state index contributed by atoms with van der Waals surface area (Å²) in [6.45, 7) is 2.13. The average molecular weight is 285 g/mol. The second-order valence-electron chi connectivity index (χ2n) is 7.09. The zero-order valence-electron chi connectivity index (χ0n) is 12.9. The van der Waals surface area contributed by atoms with Gasteiger partial charge in [0, 0.05) is 25.2 Å². The lowest BCUT2D eigenvalue weighted by Gasteiger charge is -2.30. The number of pyridine rings is 1. The minimum atomic E-state index is 0.756. The number of nitrogens with one attached hydrogen (secondary N) is 1. The summed E-state index contributed by atoms with van der Waals surface area (Å²) in [7, 11) is 0. The third-order valence-corrected chi connectivity index (χ3v) is 5.48. The SMILES string of the molecule is c1cc(CNC2CC2)nc(N2CCCC2C2CCCC2)c1. The van der Waals surface area contributed by atoms with Crippen molar-refractivity contribution in [3.63, 3.8) is 0 Å². The van der Waals surface area contributed by atoms with Gasteiger partial charge in [-0.25, -0.2) is 4.98 Å². The maximum atomic E-state index is 4.94. The Morgan fingerprint density at radius 1 is 1.05 bits per heavy atom. The molecule has 1 N–H and O–H groups in total. The summed E-state index contributed by atoms with van der Waals surface area (Å²) in [5.74, 6) is 2.14. The van der Waals surface area contributed by atoms with Crippen LogP contribution < -0.4 is 10.2 Å². The van der Waals surface area contributed by atoms with Crippen molar-refractivity contribution in [3.05, 3.63) is 23.9 Å². The Morgan fingerprint density at radius 3 is 2.71 bits per heavy atom. The Hall–Kier alpha value is -1.09. The molecule has 1 aromatic heterocycles. The van der Waals surface area contributed by atoms with Crippen molar-refractivity contribution in [1.82, 2.24) is 10.3 Å². The molecular weight excluding hydrogens is 258 g/mol. The summed E-state index contributed by atoms with van der Waals surface area (Å²) in [6, 6.07) is 8.09. The molecule has 2 heterocycles. The second kappa shape index (κ2) is 5.96. The fourth-order valence-corrected chi connectivity index (χ4v) is 4.17. The number of aromatic nitrogens is 1. The molecule has 21 heavy (non-hydrogen) atoms. The Bertz CT molecular complexity index is 477. The van der Waals surface area contributed by atoms with E-state index in [1.54, 1.807) is 0 Å². The Kier molecular flexibility index (Phi) is 3.85. The van der Waals surface area contributed by atoms with Gasteiger partial charge in [0.05, 0.1) is 5.69 Å². The van der Waals surface area contributed by atoms with E-state index >= 15 is 0 Å². The van der Waals surface area contributed by atoms with Gasteiger partial charge in [-0.2, -0.15) is 0 Å². The molecule has 1 aliphatic heterocycles. The molecule has 0 aromatic carbocycles. The Balaban J connectivity index is 1.47.